The second-order valence-corrected chi connectivity index (χ2v) is 2.99. The summed E-state index contributed by atoms with van der Waals surface area (Å²) in [4.78, 5) is 0. The van der Waals surface area contributed by atoms with Crippen LogP contribution in [0, 0.1) is 5.82 Å². The third-order valence-electron chi connectivity index (χ3n) is 1.56. The lowest BCUT2D eigenvalue weighted by atomic mass is 10.2. The maximum Gasteiger partial charge on any atom is 0.420 e. The van der Waals surface area contributed by atoms with Crippen LogP contribution in [0.3, 0.4) is 0 Å². The van der Waals surface area contributed by atoms with Gasteiger partial charge in [-0.05, 0) is 12.1 Å². The smallest absolute Gasteiger partial charge is 0.420 e. The van der Waals surface area contributed by atoms with Crippen LogP contribution in [0.2, 0.25) is 5.02 Å². The zero-order chi connectivity index (χ0) is 12.5. The number of rotatable bonds is 2. The van der Waals surface area contributed by atoms with Crippen molar-refractivity contribution in [2.45, 2.75) is 12.8 Å². The van der Waals surface area contributed by atoms with Crippen molar-refractivity contribution in [1.82, 2.24) is 0 Å². The number of benzene rings is 1. The van der Waals surface area contributed by atoms with Gasteiger partial charge < -0.3 is 4.74 Å². The molecule has 1 nitrogen and oxygen atoms in total. The van der Waals surface area contributed by atoms with Crippen molar-refractivity contribution in [1.29, 1.82) is 0 Å². The van der Waals surface area contributed by atoms with Gasteiger partial charge in [0.05, 0.1) is 5.02 Å². The summed E-state index contributed by atoms with van der Waals surface area (Å²) < 4.78 is 76.8. The molecule has 0 N–H and O–H groups in total. The molecule has 0 atom stereocenters. The summed E-state index contributed by atoms with van der Waals surface area (Å²) in [6.45, 7) is -3.34. The quantitative estimate of drug-likeness (QED) is 0.731. The van der Waals surface area contributed by atoms with E-state index in [1.54, 1.807) is 0 Å². The highest BCUT2D eigenvalue weighted by atomic mass is 35.5. The molecule has 0 aliphatic carbocycles. The Bertz CT molecular complexity index is 389. The van der Waals surface area contributed by atoms with E-state index < -0.39 is 34.9 Å². The lowest BCUT2D eigenvalue weighted by molar-refractivity contribution is -0.140. The minimum absolute atomic E-state index is 0.354. The molecule has 1 aromatic carbocycles. The van der Waals surface area contributed by atoms with Gasteiger partial charge in [-0.25, -0.2) is 4.39 Å². The van der Waals surface area contributed by atoms with Crippen LogP contribution in [0.15, 0.2) is 12.1 Å². The summed E-state index contributed by atoms with van der Waals surface area (Å²) in [5.74, 6) is -2.58. The van der Waals surface area contributed by atoms with Crippen LogP contribution in [0.25, 0.3) is 0 Å². The van der Waals surface area contributed by atoms with E-state index in [2.05, 4.69) is 4.74 Å². The van der Waals surface area contributed by atoms with Crippen molar-refractivity contribution in [3.63, 3.8) is 0 Å². The molecule has 1 rings (SSSR count). The van der Waals surface area contributed by atoms with Crippen LogP contribution in [0.5, 0.6) is 5.75 Å². The first-order valence-corrected chi connectivity index (χ1v) is 4.11. The first-order chi connectivity index (χ1) is 7.23. The van der Waals surface area contributed by atoms with Gasteiger partial charge in [0.2, 0.25) is 0 Å². The molecule has 90 valence electrons. The standard InChI is InChI=1S/C8H3ClF6O/c9-6-4(16-7(11)12)2-1-3(10)5(6)8(13,14)15/h1-2,7H. The minimum Gasteiger partial charge on any atom is -0.433 e. The predicted octanol–water partition coefficient (Wildman–Crippen LogP) is 4.10. The second kappa shape index (κ2) is 4.40. The van der Waals surface area contributed by atoms with E-state index in [9.17, 15) is 26.3 Å². The topological polar surface area (TPSA) is 9.23 Å². The number of alkyl halides is 5. The highest BCUT2D eigenvalue weighted by Gasteiger charge is 2.38. The van der Waals surface area contributed by atoms with Gasteiger partial charge in [-0.2, -0.15) is 22.0 Å². The third-order valence-corrected chi connectivity index (χ3v) is 1.93. The first kappa shape index (κ1) is 13.0. The van der Waals surface area contributed by atoms with Gasteiger partial charge in [-0.3, -0.25) is 0 Å². The van der Waals surface area contributed by atoms with E-state index >= 15 is 0 Å². The largest absolute Gasteiger partial charge is 0.433 e. The van der Waals surface area contributed by atoms with Gasteiger partial charge in [0, 0.05) is 0 Å². The number of halogens is 7. The fourth-order valence-electron chi connectivity index (χ4n) is 0.980. The maximum absolute atomic E-state index is 12.8. The van der Waals surface area contributed by atoms with Gasteiger partial charge in [0.25, 0.3) is 0 Å². The Morgan fingerprint density at radius 2 is 1.75 bits per heavy atom. The summed E-state index contributed by atoms with van der Waals surface area (Å²) in [7, 11) is 0. The molecule has 1 aromatic rings. The van der Waals surface area contributed by atoms with Crippen LogP contribution >= 0.6 is 11.6 Å². The second-order valence-electron chi connectivity index (χ2n) is 2.61. The molecule has 0 aliphatic heterocycles. The Hall–Kier alpha value is -1.11. The molecule has 16 heavy (non-hydrogen) atoms. The summed E-state index contributed by atoms with van der Waals surface area (Å²) in [6.07, 6.45) is -5.08. The third kappa shape index (κ3) is 2.72. The van der Waals surface area contributed by atoms with E-state index in [1.807, 2.05) is 0 Å². The minimum atomic E-state index is -5.08. The number of ether oxygens (including phenoxy) is 1. The maximum atomic E-state index is 12.8. The van der Waals surface area contributed by atoms with Gasteiger partial charge in [0.1, 0.15) is 17.1 Å². The molecule has 0 saturated heterocycles. The molecule has 8 heteroatoms. The normalized spacial score (nSPS) is 12.0. The lowest BCUT2D eigenvalue weighted by Crippen LogP contribution is -2.11. The Labute approximate surface area is 90.6 Å². The molecule has 0 spiro atoms. The molecule has 0 saturated carbocycles. The molecule has 0 heterocycles. The Morgan fingerprint density at radius 3 is 2.19 bits per heavy atom. The molecular formula is C8H3ClF6O. The highest BCUT2D eigenvalue weighted by molar-refractivity contribution is 6.32. The lowest BCUT2D eigenvalue weighted by Gasteiger charge is -2.13. The van der Waals surface area contributed by atoms with Crippen molar-refractivity contribution in [3.05, 3.63) is 28.5 Å². The van der Waals surface area contributed by atoms with Crippen molar-refractivity contribution in [2.75, 3.05) is 0 Å². The number of hydrogen-bond acceptors (Lipinski definition) is 1. The summed E-state index contributed by atoms with van der Waals surface area (Å²) >= 11 is 5.12. The summed E-state index contributed by atoms with van der Waals surface area (Å²) in [5, 5.41) is -1.23. The zero-order valence-corrected chi connectivity index (χ0v) is 8.04. The van der Waals surface area contributed by atoms with Crippen molar-refractivity contribution < 1.29 is 31.1 Å². The molecule has 0 bridgehead atoms. The van der Waals surface area contributed by atoms with Gasteiger partial charge in [-0.15, -0.1) is 0 Å². The fourth-order valence-corrected chi connectivity index (χ4v) is 1.29. The van der Waals surface area contributed by atoms with Crippen molar-refractivity contribution in [2.24, 2.45) is 0 Å². The van der Waals surface area contributed by atoms with E-state index in [0.29, 0.717) is 12.1 Å². The molecule has 0 unspecified atom stereocenters. The van der Waals surface area contributed by atoms with Crippen LogP contribution in [-0.4, -0.2) is 6.61 Å². The molecule has 0 aromatic heterocycles. The van der Waals surface area contributed by atoms with Crippen LogP contribution in [0.1, 0.15) is 5.56 Å². The van der Waals surface area contributed by atoms with Gasteiger partial charge in [0.15, 0.2) is 0 Å². The van der Waals surface area contributed by atoms with E-state index in [4.69, 9.17) is 11.6 Å². The average molecular weight is 265 g/mol. The fraction of sp³-hybridized carbons (Fsp3) is 0.250. The van der Waals surface area contributed by atoms with E-state index in [-0.39, 0.29) is 0 Å². The summed E-state index contributed by atoms with van der Waals surface area (Å²) in [6, 6.07) is 0.950. The molecule has 0 amide bonds. The molecule has 0 fully saturated rings. The summed E-state index contributed by atoms with van der Waals surface area (Å²) in [5.41, 5.74) is -1.83. The molecule has 0 aliphatic rings. The molecule has 0 radical (unpaired) electrons. The highest BCUT2D eigenvalue weighted by Crippen LogP contribution is 2.41. The van der Waals surface area contributed by atoms with Crippen molar-refractivity contribution >= 4 is 11.6 Å². The first-order valence-electron chi connectivity index (χ1n) is 3.73. The monoisotopic (exact) mass is 264 g/mol. The van der Waals surface area contributed by atoms with Crippen LogP contribution in [0.4, 0.5) is 26.3 Å². The molecular weight excluding hydrogens is 262 g/mol. The van der Waals surface area contributed by atoms with Crippen molar-refractivity contribution in [3.8, 4) is 5.75 Å². The zero-order valence-electron chi connectivity index (χ0n) is 7.29. The van der Waals surface area contributed by atoms with Gasteiger partial charge >= 0.3 is 12.8 Å². The van der Waals surface area contributed by atoms with E-state index in [1.165, 1.54) is 0 Å². The Morgan fingerprint density at radius 1 is 1.19 bits per heavy atom. The average Bonchev–Trinajstić information content (AvgIpc) is 2.07. The number of hydrogen-bond donors (Lipinski definition) is 0. The van der Waals surface area contributed by atoms with Crippen LogP contribution < -0.4 is 4.74 Å². The van der Waals surface area contributed by atoms with E-state index in [0.717, 1.165) is 0 Å². The van der Waals surface area contributed by atoms with Gasteiger partial charge in [-0.1, -0.05) is 11.6 Å². The SMILES string of the molecule is Fc1ccc(OC(F)F)c(Cl)c1C(F)(F)F. The van der Waals surface area contributed by atoms with Crippen LogP contribution in [-0.2, 0) is 6.18 Å². The Kier molecular flexibility index (Phi) is 3.57. The Balaban J connectivity index is 3.28. The predicted molar refractivity (Wildman–Crippen MR) is 43.0 cm³/mol.